The lowest BCUT2D eigenvalue weighted by molar-refractivity contribution is 0.275. The van der Waals surface area contributed by atoms with Gasteiger partial charge in [-0.2, -0.15) is 0 Å². The Morgan fingerprint density at radius 3 is 3.00 bits per heavy atom. The summed E-state index contributed by atoms with van der Waals surface area (Å²) in [6, 6.07) is 3.42. The molecule has 1 unspecified atom stereocenters. The Kier molecular flexibility index (Phi) is 3.80. The number of pyridine rings is 2. The van der Waals surface area contributed by atoms with Gasteiger partial charge in [-0.25, -0.2) is 9.37 Å². The normalized spacial score (nSPS) is 17.5. The number of aromatic nitrogens is 2. The van der Waals surface area contributed by atoms with Gasteiger partial charge in [0.15, 0.2) is 5.83 Å². The molecular formula is C18H16FN3O2S. The lowest BCUT2D eigenvalue weighted by Gasteiger charge is -2.19. The maximum atomic E-state index is 14.0. The molecule has 0 aliphatic heterocycles. The average molecular weight is 357 g/mol. The Morgan fingerprint density at radius 2 is 2.28 bits per heavy atom. The van der Waals surface area contributed by atoms with Crippen molar-refractivity contribution in [2.24, 2.45) is 0 Å². The molecule has 0 radical (unpaired) electrons. The van der Waals surface area contributed by atoms with E-state index in [1.165, 1.54) is 24.5 Å². The van der Waals surface area contributed by atoms with Crippen LogP contribution in [0.15, 0.2) is 53.1 Å². The van der Waals surface area contributed by atoms with Crippen molar-refractivity contribution in [3.8, 4) is 0 Å². The van der Waals surface area contributed by atoms with Crippen LogP contribution in [-0.4, -0.2) is 23.7 Å². The van der Waals surface area contributed by atoms with Gasteiger partial charge in [-0.3, -0.25) is 4.79 Å². The number of allylic oxidation sites excluding steroid dienone is 3. The van der Waals surface area contributed by atoms with Crippen molar-refractivity contribution in [3.63, 3.8) is 0 Å². The predicted octanol–water partition coefficient (Wildman–Crippen LogP) is 3.98. The minimum Gasteiger partial charge on any atom is -0.494 e. The van der Waals surface area contributed by atoms with E-state index >= 15 is 0 Å². The zero-order valence-electron chi connectivity index (χ0n) is 13.7. The molecule has 128 valence electrons. The first-order valence-electron chi connectivity index (χ1n) is 7.86. The van der Waals surface area contributed by atoms with E-state index < -0.39 is 5.83 Å². The molecule has 0 spiro atoms. The zero-order valence-corrected chi connectivity index (χ0v) is 14.6. The molecule has 3 heterocycles. The van der Waals surface area contributed by atoms with Crippen molar-refractivity contribution in [1.29, 1.82) is 0 Å². The molecule has 1 atom stereocenters. The summed E-state index contributed by atoms with van der Waals surface area (Å²) in [6.45, 7) is 0. The van der Waals surface area contributed by atoms with Crippen molar-refractivity contribution >= 4 is 37.3 Å². The van der Waals surface area contributed by atoms with Gasteiger partial charge in [-0.05, 0) is 30.7 Å². The van der Waals surface area contributed by atoms with Gasteiger partial charge in [0.1, 0.15) is 15.3 Å². The molecule has 3 aromatic rings. The number of thiophene rings is 1. The fourth-order valence-corrected chi connectivity index (χ4v) is 4.29. The molecule has 5 nitrogen and oxygen atoms in total. The maximum absolute atomic E-state index is 14.0. The zero-order chi connectivity index (χ0) is 17.6. The molecule has 4 rings (SSSR count). The van der Waals surface area contributed by atoms with Crippen LogP contribution in [0.4, 0.5) is 10.1 Å². The number of methoxy groups -OCH3 is 1. The highest BCUT2D eigenvalue weighted by Gasteiger charge is 2.21. The Morgan fingerprint density at radius 1 is 1.44 bits per heavy atom. The van der Waals surface area contributed by atoms with Gasteiger partial charge in [-0.15, -0.1) is 11.3 Å². The van der Waals surface area contributed by atoms with Crippen LogP contribution in [0.3, 0.4) is 0 Å². The fourth-order valence-electron chi connectivity index (χ4n) is 3.19. The third kappa shape index (κ3) is 2.42. The van der Waals surface area contributed by atoms with Crippen LogP contribution in [0.5, 0.6) is 0 Å². The molecule has 0 aromatic carbocycles. The van der Waals surface area contributed by atoms with Gasteiger partial charge in [0, 0.05) is 35.9 Å². The monoisotopic (exact) mass is 357 g/mol. The summed E-state index contributed by atoms with van der Waals surface area (Å²) in [5, 5.41) is 4.95. The second-order valence-corrected chi connectivity index (χ2v) is 6.75. The molecule has 1 aliphatic carbocycles. The van der Waals surface area contributed by atoms with E-state index in [2.05, 4.69) is 10.3 Å². The predicted molar refractivity (Wildman–Crippen MR) is 98.9 cm³/mol. The average Bonchev–Trinajstić information content (AvgIpc) is 3.02. The van der Waals surface area contributed by atoms with Gasteiger partial charge < -0.3 is 14.6 Å². The Bertz CT molecular complexity index is 1100. The molecular weight excluding hydrogens is 341 g/mol. The SMILES string of the molecule is CNc1ccnc2sc3c(=O)n(C4C=C(F)C(OC)=CC4)ccc3c12. The van der Waals surface area contributed by atoms with E-state index in [0.29, 0.717) is 11.1 Å². The molecule has 1 N–H and O–H groups in total. The van der Waals surface area contributed by atoms with E-state index in [4.69, 9.17) is 4.74 Å². The number of nitrogens with zero attached hydrogens (tertiary/aromatic N) is 2. The lowest BCUT2D eigenvalue weighted by atomic mass is 10.1. The molecule has 3 aromatic heterocycles. The number of rotatable bonds is 3. The Hall–Kier alpha value is -2.67. The minimum atomic E-state index is -0.443. The summed E-state index contributed by atoms with van der Waals surface area (Å²) in [6.07, 6.45) is 7.05. The van der Waals surface area contributed by atoms with E-state index in [0.717, 1.165) is 21.3 Å². The molecule has 7 heteroatoms. The van der Waals surface area contributed by atoms with Gasteiger partial charge in [0.2, 0.25) is 0 Å². The van der Waals surface area contributed by atoms with Crippen molar-refractivity contribution in [2.75, 3.05) is 19.5 Å². The van der Waals surface area contributed by atoms with Crippen LogP contribution >= 0.6 is 11.3 Å². The van der Waals surface area contributed by atoms with Crippen LogP contribution in [-0.2, 0) is 4.74 Å². The quantitative estimate of drug-likeness (QED) is 0.770. The lowest BCUT2D eigenvalue weighted by Crippen LogP contribution is -2.23. The topological polar surface area (TPSA) is 56.2 Å². The van der Waals surface area contributed by atoms with Crippen LogP contribution < -0.4 is 10.9 Å². The van der Waals surface area contributed by atoms with Crippen molar-refractivity contribution in [3.05, 3.63) is 58.6 Å². The second-order valence-electron chi connectivity index (χ2n) is 5.75. The van der Waals surface area contributed by atoms with Gasteiger partial charge in [0.05, 0.1) is 13.2 Å². The van der Waals surface area contributed by atoms with Crippen molar-refractivity contribution in [2.45, 2.75) is 12.5 Å². The summed E-state index contributed by atoms with van der Waals surface area (Å²) in [5.74, 6) is -0.226. The molecule has 25 heavy (non-hydrogen) atoms. The maximum Gasteiger partial charge on any atom is 0.269 e. The smallest absolute Gasteiger partial charge is 0.269 e. The summed E-state index contributed by atoms with van der Waals surface area (Å²) < 4.78 is 21.2. The van der Waals surface area contributed by atoms with Gasteiger partial charge in [0.25, 0.3) is 5.56 Å². The Balaban J connectivity index is 1.89. The van der Waals surface area contributed by atoms with E-state index in [1.54, 1.807) is 23.0 Å². The van der Waals surface area contributed by atoms with Crippen LogP contribution in [0, 0.1) is 0 Å². The molecule has 0 fully saturated rings. The highest BCUT2D eigenvalue weighted by molar-refractivity contribution is 7.25. The molecule has 1 aliphatic rings. The molecule has 0 saturated heterocycles. The largest absolute Gasteiger partial charge is 0.494 e. The van der Waals surface area contributed by atoms with Crippen LogP contribution in [0.25, 0.3) is 20.3 Å². The summed E-state index contributed by atoms with van der Waals surface area (Å²) in [7, 11) is 3.27. The van der Waals surface area contributed by atoms with Crippen molar-refractivity contribution < 1.29 is 9.13 Å². The number of halogens is 1. The number of fused-ring (bicyclic) bond motifs is 3. The number of hydrogen-bond acceptors (Lipinski definition) is 5. The first kappa shape index (κ1) is 15.8. The van der Waals surface area contributed by atoms with Gasteiger partial charge in [-0.1, -0.05) is 0 Å². The number of hydrogen-bond donors (Lipinski definition) is 1. The van der Waals surface area contributed by atoms with Gasteiger partial charge >= 0.3 is 0 Å². The highest BCUT2D eigenvalue weighted by atomic mass is 32.1. The number of anilines is 1. The standard InChI is InChI=1S/C18H16FN3O2S/c1-20-13-5-7-21-17-15(13)11-6-8-22(18(23)16(11)25-17)10-3-4-14(24-2)12(19)9-10/h4-10H,3H2,1-2H3,(H,20,21). The first-order chi connectivity index (χ1) is 12.1. The van der Waals surface area contributed by atoms with Crippen LogP contribution in [0.1, 0.15) is 12.5 Å². The molecule has 0 bridgehead atoms. The third-order valence-corrected chi connectivity index (χ3v) is 5.53. The van der Waals surface area contributed by atoms with E-state index in [-0.39, 0.29) is 17.4 Å². The summed E-state index contributed by atoms with van der Waals surface area (Å²) in [5.41, 5.74) is 0.801. The summed E-state index contributed by atoms with van der Waals surface area (Å²) >= 11 is 1.36. The molecule has 0 saturated carbocycles. The highest BCUT2D eigenvalue weighted by Crippen LogP contribution is 2.35. The first-order valence-corrected chi connectivity index (χ1v) is 8.67. The number of ether oxygens (including phenoxy) is 1. The van der Waals surface area contributed by atoms with Crippen LogP contribution in [0.2, 0.25) is 0 Å². The third-order valence-electron chi connectivity index (χ3n) is 4.42. The van der Waals surface area contributed by atoms with E-state index in [1.807, 2.05) is 19.2 Å². The minimum absolute atomic E-state index is 0.133. The van der Waals surface area contributed by atoms with Crippen molar-refractivity contribution in [1.82, 2.24) is 9.55 Å². The number of nitrogens with one attached hydrogen (secondary N) is 1. The van der Waals surface area contributed by atoms with E-state index in [9.17, 15) is 9.18 Å². The molecule has 0 amide bonds. The summed E-state index contributed by atoms with van der Waals surface area (Å²) in [4.78, 5) is 18.2. The fraction of sp³-hybridized carbons (Fsp3) is 0.222. The Labute approximate surface area is 147 Å². The second kappa shape index (κ2) is 6.00.